The Morgan fingerprint density at radius 1 is 1.08 bits per heavy atom. The van der Waals surface area contributed by atoms with E-state index in [1.165, 1.54) is 38.5 Å². The third-order valence-electron chi connectivity index (χ3n) is 5.22. The Morgan fingerprint density at radius 2 is 1.68 bits per heavy atom. The maximum absolute atomic E-state index is 12.8. The molecule has 1 aromatic rings. The van der Waals surface area contributed by atoms with Gasteiger partial charge in [0.1, 0.15) is 0 Å². The molecule has 1 aromatic heterocycles. The molecule has 4 nitrogen and oxygen atoms in total. The van der Waals surface area contributed by atoms with Gasteiger partial charge < -0.3 is 10.4 Å². The second kappa shape index (κ2) is 10.5. The van der Waals surface area contributed by atoms with E-state index < -0.39 is 0 Å². The van der Waals surface area contributed by atoms with Gasteiger partial charge in [-0.05, 0) is 43.2 Å². The molecule has 1 aliphatic heterocycles. The minimum absolute atomic E-state index is 0.0359. The minimum Gasteiger partial charge on any atom is -0.394 e. The van der Waals surface area contributed by atoms with Crippen molar-refractivity contribution in [3.05, 3.63) is 29.1 Å². The van der Waals surface area contributed by atoms with Crippen molar-refractivity contribution in [3.8, 4) is 0 Å². The maximum Gasteiger partial charge on any atom is 0.253 e. The fraction of sp³-hybridized carbons (Fsp3) is 0.714. The molecule has 1 atom stereocenters. The van der Waals surface area contributed by atoms with E-state index in [4.69, 9.17) is 0 Å². The minimum atomic E-state index is -0.213. The lowest BCUT2D eigenvalue weighted by Crippen LogP contribution is -2.41. The zero-order chi connectivity index (χ0) is 18.1. The molecule has 4 heteroatoms. The molecule has 3 rings (SSSR count). The van der Waals surface area contributed by atoms with Gasteiger partial charge in [-0.25, -0.2) is 0 Å². The van der Waals surface area contributed by atoms with Crippen molar-refractivity contribution in [1.82, 2.24) is 10.3 Å². The number of carbonyl (C=O) groups excluding carboxylic acids is 1. The molecular formula is C21H34N2O2. The van der Waals surface area contributed by atoms with Crippen LogP contribution in [-0.4, -0.2) is 28.6 Å². The van der Waals surface area contributed by atoms with E-state index in [1.807, 2.05) is 26.1 Å². The molecule has 2 heterocycles. The Bertz CT molecular complexity index is 543. The Morgan fingerprint density at radius 3 is 2.28 bits per heavy atom. The lowest BCUT2D eigenvalue weighted by atomic mass is 9.98. The zero-order valence-electron chi connectivity index (χ0n) is 15.9. The monoisotopic (exact) mass is 346 g/mol. The number of nitrogens with one attached hydrogen (secondary N) is 1. The number of fused-ring (bicyclic) bond motifs is 11. The molecule has 2 aliphatic rings. The Labute approximate surface area is 152 Å². The number of amides is 1. The van der Waals surface area contributed by atoms with Gasteiger partial charge in [0.05, 0.1) is 23.9 Å². The van der Waals surface area contributed by atoms with Crippen LogP contribution in [-0.2, 0) is 12.8 Å². The number of aliphatic hydroxyl groups excluding tert-OH is 1. The van der Waals surface area contributed by atoms with Crippen molar-refractivity contribution in [3.63, 3.8) is 0 Å². The normalized spacial score (nSPS) is 17.9. The van der Waals surface area contributed by atoms with E-state index in [-0.39, 0.29) is 24.5 Å². The molecule has 1 aliphatic carbocycles. The van der Waals surface area contributed by atoms with Crippen molar-refractivity contribution >= 4 is 5.91 Å². The summed E-state index contributed by atoms with van der Waals surface area (Å²) >= 11 is 0. The van der Waals surface area contributed by atoms with Gasteiger partial charge in [-0.2, -0.15) is 0 Å². The van der Waals surface area contributed by atoms with E-state index in [9.17, 15) is 9.90 Å². The molecule has 0 spiro atoms. The average Bonchev–Trinajstić information content (AvgIpc) is 2.61. The first kappa shape index (κ1) is 19.9. The number of hydrogen-bond donors (Lipinski definition) is 2. The molecule has 0 aromatic carbocycles. The highest BCUT2D eigenvalue weighted by Crippen LogP contribution is 2.18. The van der Waals surface area contributed by atoms with Crippen LogP contribution in [0.25, 0.3) is 0 Å². The van der Waals surface area contributed by atoms with Gasteiger partial charge in [0.25, 0.3) is 5.91 Å². The fourth-order valence-electron chi connectivity index (χ4n) is 3.42. The average molecular weight is 347 g/mol. The highest BCUT2D eigenvalue weighted by Gasteiger charge is 2.19. The molecule has 0 unspecified atom stereocenters. The molecule has 0 fully saturated rings. The first-order chi connectivity index (χ1) is 12.1. The van der Waals surface area contributed by atoms with Crippen LogP contribution in [0.1, 0.15) is 86.8 Å². The van der Waals surface area contributed by atoms with Gasteiger partial charge in [0.2, 0.25) is 0 Å². The van der Waals surface area contributed by atoms with Crippen LogP contribution >= 0.6 is 0 Å². The van der Waals surface area contributed by atoms with E-state index >= 15 is 0 Å². The Kier molecular flexibility index (Phi) is 8.39. The number of rotatable bonds is 4. The van der Waals surface area contributed by atoms with Crippen LogP contribution in [0.5, 0.6) is 0 Å². The number of nitrogens with zero attached hydrogens (tertiary/aromatic N) is 1. The predicted molar refractivity (Wildman–Crippen MR) is 102 cm³/mol. The summed E-state index contributed by atoms with van der Waals surface area (Å²) in [6.45, 7) is 3.98. The van der Waals surface area contributed by atoms with Crippen LogP contribution in [0.4, 0.5) is 0 Å². The summed E-state index contributed by atoms with van der Waals surface area (Å²) in [5, 5.41) is 12.5. The van der Waals surface area contributed by atoms with Gasteiger partial charge in [-0.15, -0.1) is 0 Å². The smallest absolute Gasteiger partial charge is 0.253 e. The summed E-state index contributed by atoms with van der Waals surface area (Å²) in [5.41, 5.74) is 2.75. The first-order valence-corrected chi connectivity index (χ1v) is 10.0. The van der Waals surface area contributed by atoms with Gasteiger partial charge >= 0.3 is 0 Å². The molecule has 2 bridgehead atoms. The zero-order valence-corrected chi connectivity index (χ0v) is 15.9. The van der Waals surface area contributed by atoms with Gasteiger partial charge in [0.15, 0.2) is 0 Å². The maximum atomic E-state index is 12.8. The predicted octanol–water partition coefficient (Wildman–Crippen LogP) is 4.05. The molecule has 2 N–H and O–H groups in total. The van der Waals surface area contributed by atoms with Crippen molar-refractivity contribution in [2.24, 2.45) is 5.92 Å². The van der Waals surface area contributed by atoms with Crippen LogP contribution < -0.4 is 5.32 Å². The summed E-state index contributed by atoms with van der Waals surface area (Å²) in [5.74, 6) is 0.107. The summed E-state index contributed by atoms with van der Waals surface area (Å²) in [6.07, 6.45) is 13.8. The number of aliphatic hydroxyl groups is 1. The molecule has 25 heavy (non-hydrogen) atoms. The fourth-order valence-corrected chi connectivity index (χ4v) is 3.42. The number of pyridine rings is 1. The van der Waals surface area contributed by atoms with E-state index in [1.54, 1.807) is 0 Å². The summed E-state index contributed by atoms with van der Waals surface area (Å²) in [4.78, 5) is 17.4. The lowest BCUT2D eigenvalue weighted by molar-refractivity contribution is 0.0895. The largest absolute Gasteiger partial charge is 0.394 e. The molecule has 0 saturated heterocycles. The van der Waals surface area contributed by atoms with Crippen molar-refractivity contribution in [2.75, 3.05) is 6.61 Å². The molecule has 1 amide bonds. The third kappa shape index (κ3) is 6.43. The topological polar surface area (TPSA) is 62.2 Å². The molecular weight excluding hydrogens is 312 g/mol. The Hall–Kier alpha value is -1.42. The quantitative estimate of drug-likeness (QED) is 0.864. The summed E-state index contributed by atoms with van der Waals surface area (Å²) in [6, 6.07) is 1.81. The number of carbonyl (C=O) groups is 1. The Balaban J connectivity index is 2.17. The third-order valence-corrected chi connectivity index (χ3v) is 5.22. The van der Waals surface area contributed by atoms with Crippen LogP contribution in [0.15, 0.2) is 12.3 Å². The summed E-state index contributed by atoms with van der Waals surface area (Å²) in [7, 11) is 0. The van der Waals surface area contributed by atoms with Crippen LogP contribution in [0, 0.1) is 5.92 Å². The van der Waals surface area contributed by atoms with E-state index in [2.05, 4.69) is 10.3 Å². The molecule has 0 saturated carbocycles. The number of hydrogen-bond acceptors (Lipinski definition) is 3. The van der Waals surface area contributed by atoms with Gasteiger partial charge in [-0.1, -0.05) is 52.4 Å². The second-order valence-corrected chi connectivity index (χ2v) is 7.67. The highest BCUT2D eigenvalue weighted by molar-refractivity contribution is 5.95. The summed E-state index contributed by atoms with van der Waals surface area (Å²) < 4.78 is 0. The number of aryl methyl sites for hydroxylation is 2. The van der Waals surface area contributed by atoms with Crippen molar-refractivity contribution in [1.29, 1.82) is 0 Å². The van der Waals surface area contributed by atoms with Gasteiger partial charge in [0, 0.05) is 6.20 Å². The van der Waals surface area contributed by atoms with Crippen LogP contribution in [0.2, 0.25) is 0 Å². The lowest BCUT2D eigenvalue weighted by Gasteiger charge is -2.21. The van der Waals surface area contributed by atoms with E-state index in [0.29, 0.717) is 5.56 Å². The first-order valence-electron chi connectivity index (χ1n) is 10.0. The molecule has 140 valence electrons. The highest BCUT2D eigenvalue weighted by atomic mass is 16.3. The van der Waals surface area contributed by atoms with Crippen molar-refractivity contribution < 1.29 is 9.90 Å². The molecule has 0 radical (unpaired) electrons. The van der Waals surface area contributed by atoms with Gasteiger partial charge in [-0.3, -0.25) is 9.78 Å². The SMILES string of the molecule is CC(C)[C@@H](CO)NC(=O)c1cc2cnc1CCCCCCCCCC2. The number of aromatic nitrogens is 1. The van der Waals surface area contributed by atoms with E-state index in [0.717, 1.165) is 36.9 Å². The standard InChI is InChI=1S/C21H34N2O2/c1-16(2)20(15-24)23-21(25)18-13-17-11-9-7-5-3-4-6-8-10-12-19(18)22-14-17/h13-14,16,20,24H,3-12,15H2,1-2H3,(H,23,25)/t20-/m1/s1. The second-order valence-electron chi connectivity index (χ2n) is 7.67. The van der Waals surface area contributed by atoms with Crippen LogP contribution in [0.3, 0.4) is 0 Å². The van der Waals surface area contributed by atoms with Crippen molar-refractivity contribution in [2.45, 2.75) is 84.1 Å².